The molecule has 1 unspecified atom stereocenters. The molecule has 2 heteroatoms. The fourth-order valence-corrected chi connectivity index (χ4v) is 5.24. The first-order chi connectivity index (χ1) is 9.40. The van der Waals surface area contributed by atoms with Crippen LogP contribution in [0.5, 0.6) is 0 Å². The fraction of sp³-hybridized carbons (Fsp3) is 1.00. The lowest BCUT2D eigenvalue weighted by Crippen LogP contribution is -2.39. The van der Waals surface area contributed by atoms with Gasteiger partial charge >= 0.3 is 0 Å². The number of hydrogen-bond acceptors (Lipinski definition) is 2. The first kappa shape index (κ1) is 15.7. The molecule has 0 aliphatic heterocycles. The lowest BCUT2D eigenvalue weighted by molar-refractivity contribution is 0.343. The number of hydrogen-bond donors (Lipinski definition) is 1. The highest BCUT2D eigenvalue weighted by Crippen LogP contribution is 2.32. The molecule has 0 radical (unpaired) electrons. The van der Waals surface area contributed by atoms with Crippen molar-refractivity contribution in [2.24, 2.45) is 5.92 Å². The zero-order valence-electron chi connectivity index (χ0n) is 12.8. The highest BCUT2D eigenvalue weighted by Gasteiger charge is 2.24. The summed E-state index contributed by atoms with van der Waals surface area (Å²) in [4.78, 5) is 0. The first-order valence-corrected chi connectivity index (χ1v) is 9.80. The number of nitrogens with one attached hydrogen (secondary N) is 1. The van der Waals surface area contributed by atoms with Crippen molar-refractivity contribution in [1.29, 1.82) is 0 Å². The molecule has 0 spiro atoms. The van der Waals surface area contributed by atoms with E-state index in [1.807, 2.05) is 0 Å². The van der Waals surface area contributed by atoms with E-state index in [0.29, 0.717) is 0 Å². The normalized spacial score (nSPS) is 24.5. The van der Waals surface area contributed by atoms with Gasteiger partial charge in [0.1, 0.15) is 0 Å². The van der Waals surface area contributed by atoms with E-state index in [2.05, 4.69) is 24.0 Å². The van der Waals surface area contributed by atoms with E-state index in [1.54, 1.807) is 0 Å². The maximum Gasteiger partial charge on any atom is 0.0186 e. The molecular formula is C17H33NS. The van der Waals surface area contributed by atoms with E-state index in [-0.39, 0.29) is 0 Å². The van der Waals surface area contributed by atoms with Crippen LogP contribution in [0.4, 0.5) is 0 Å². The van der Waals surface area contributed by atoms with Crippen molar-refractivity contribution in [2.75, 3.05) is 12.3 Å². The van der Waals surface area contributed by atoms with Crippen molar-refractivity contribution in [3.8, 4) is 0 Å². The van der Waals surface area contributed by atoms with Gasteiger partial charge in [-0.15, -0.1) is 0 Å². The van der Waals surface area contributed by atoms with Gasteiger partial charge in [-0.3, -0.25) is 0 Å². The van der Waals surface area contributed by atoms with Crippen LogP contribution in [0.1, 0.15) is 77.6 Å². The third-order valence-corrected chi connectivity index (χ3v) is 6.43. The highest BCUT2D eigenvalue weighted by atomic mass is 32.2. The lowest BCUT2D eigenvalue weighted by Gasteiger charge is -2.28. The standard InChI is InChI=1S/C17H33NS/c1-2-13-18-17(14-19-16-11-7-8-12-16)15-9-5-3-4-6-10-15/h15-18H,2-14H2,1H3. The van der Waals surface area contributed by atoms with Crippen LogP contribution in [0.15, 0.2) is 0 Å². The molecule has 19 heavy (non-hydrogen) atoms. The smallest absolute Gasteiger partial charge is 0.0186 e. The molecular weight excluding hydrogens is 250 g/mol. The zero-order chi connectivity index (χ0) is 13.3. The van der Waals surface area contributed by atoms with E-state index < -0.39 is 0 Å². The SMILES string of the molecule is CCCNC(CSC1CCCC1)C1CCCCCC1. The monoisotopic (exact) mass is 283 g/mol. The minimum atomic E-state index is 0.795. The van der Waals surface area contributed by atoms with Crippen LogP contribution in [0, 0.1) is 5.92 Å². The summed E-state index contributed by atoms with van der Waals surface area (Å²) < 4.78 is 0. The zero-order valence-corrected chi connectivity index (χ0v) is 13.6. The third kappa shape index (κ3) is 5.67. The summed E-state index contributed by atoms with van der Waals surface area (Å²) in [6, 6.07) is 0.795. The van der Waals surface area contributed by atoms with E-state index >= 15 is 0 Å². The van der Waals surface area contributed by atoms with Gasteiger partial charge in [-0.25, -0.2) is 0 Å². The highest BCUT2D eigenvalue weighted by molar-refractivity contribution is 7.99. The van der Waals surface area contributed by atoms with Gasteiger partial charge in [0, 0.05) is 17.0 Å². The van der Waals surface area contributed by atoms with Crippen molar-refractivity contribution in [1.82, 2.24) is 5.32 Å². The minimum absolute atomic E-state index is 0.795. The summed E-state index contributed by atoms with van der Waals surface area (Å²) in [7, 11) is 0. The summed E-state index contributed by atoms with van der Waals surface area (Å²) in [6.45, 7) is 3.51. The van der Waals surface area contributed by atoms with Gasteiger partial charge in [0.15, 0.2) is 0 Å². The average molecular weight is 284 g/mol. The summed E-state index contributed by atoms with van der Waals surface area (Å²) >= 11 is 2.28. The molecule has 0 amide bonds. The minimum Gasteiger partial charge on any atom is -0.313 e. The Morgan fingerprint density at radius 3 is 2.21 bits per heavy atom. The largest absolute Gasteiger partial charge is 0.313 e. The Labute approximate surface area is 124 Å². The molecule has 2 saturated carbocycles. The molecule has 2 rings (SSSR count). The van der Waals surface area contributed by atoms with Gasteiger partial charge in [-0.1, -0.05) is 45.4 Å². The van der Waals surface area contributed by atoms with Gasteiger partial charge in [0.25, 0.3) is 0 Å². The van der Waals surface area contributed by atoms with Crippen molar-refractivity contribution in [3.63, 3.8) is 0 Å². The first-order valence-electron chi connectivity index (χ1n) is 8.75. The quantitative estimate of drug-likeness (QED) is 0.660. The molecule has 112 valence electrons. The predicted octanol–water partition coefficient (Wildman–Crippen LogP) is 5.00. The molecule has 1 N–H and O–H groups in total. The average Bonchev–Trinajstić information content (AvgIpc) is 2.80. The van der Waals surface area contributed by atoms with E-state index in [4.69, 9.17) is 0 Å². The lowest BCUT2D eigenvalue weighted by atomic mass is 9.93. The van der Waals surface area contributed by atoms with E-state index in [9.17, 15) is 0 Å². The Hall–Kier alpha value is 0.310. The van der Waals surface area contributed by atoms with Crippen LogP contribution >= 0.6 is 11.8 Å². The van der Waals surface area contributed by atoms with Gasteiger partial charge in [-0.05, 0) is 44.6 Å². The molecule has 2 aliphatic carbocycles. The van der Waals surface area contributed by atoms with Gasteiger partial charge in [-0.2, -0.15) is 11.8 Å². The van der Waals surface area contributed by atoms with Gasteiger partial charge in [0.05, 0.1) is 0 Å². The van der Waals surface area contributed by atoms with Crippen molar-refractivity contribution >= 4 is 11.8 Å². The predicted molar refractivity (Wildman–Crippen MR) is 88.0 cm³/mol. The van der Waals surface area contributed by atoms with Gasteiger partial charge in [0.2, 0.25) is 0 Å². The second kappa shape index (κ2) is 9.28. The van der Waals surface area contributed by atoms with Crippen molar-refractivity contribution in [3.05, 3.63) is 0 Å². The molecule has 1 atom stereocenters. The molecule has 0 aromatic rings. The molecule has 0 heterocycles. The van der Waals surface area contributed by atoms with Crippen LogP contribution in [0.3, 0.4) is 0 Å². The van der Waals surface area contributed by atoms with E-state index in [0.717, 1.165) is 17.2 Å². The topological polar surface area (TPSA) is 12.0 Å². The van der Waals surface area contributed by atoms with E-state index in [1.165, 1.54) is 82.9 Å². The molecule has 0 aromatic heterocycles. The number of rotatable bonds is 7. The maximum atomic E-state index is 3.87. The van der Waals surface area contributed by atoms with Crippen LogP contribution in [-0.4, -0.2) is 23.6 Å². The van der Waals surface area contributed by atoms with Crippen molar-refractivity contribution in [2.45, 2.75) is 88.8 Å². The molecule has 2 aliphatic rings. The molecule has 2 fully saturated rings. The Balaban J connectivity index is 1.78. The Morgan fingerprint density at radius 2 is 1.58 bits per heavy atom. The second-order valence-electron chi connectivity index (χ2n) is 6.55. The Morgan fingerprint density at radius 1 is 0.947 bits per heavy atom. The molecule has 1 nitrogen and oxygen atoms in total. The van der Waals surface area contributed by atoms with Crippen LogP contribution in [0.25, 0.3) is 0 Å². The summed E-state index contributed by atoms with van der Waals surface area (Å²) in [5, 5.41) is 4.85. The molecule has 0 aromatic carbocycles. The van der Waals surface area contributed by atoms with Crippen LogP contribution < -0.4 is 5.32 Å². The van der Waals surface area contributed by atoms with Crippen LogP contribution in [-0.2, 0) is 0 Å². The number of thioether (sulfide) groups is 1. The second-order valence-corrected chi connectivity index (χ2v) is 7.89. The third-order valence-electron chi connectivity index (χ3n) is 4.94. The van der Waals surface area contributed by atoms with Crippen LogP contribution in [0.2, 0.25) is 0 Å². The summed E-state index contributed by atoms with van der Waals surface area (Å²) in [5.74, 6) is 2.33. The van der Waals surface area contributed by atoms with Crippen molar-refractivity contribution < 1.29 is 0 Å². The Kier molecular flexibility index (Phi) is 7.67. The maximum absolute atomic E-state index is 3.87. The van der Waals surface area contributed by atoms with Gasteiger partial charge < -0.3 is 5.32 Å². The molecule has 0 bridgehead atoms. The summed E-state index contributed by atoms with van der Waals surface area (Å²) in [5.41, 5.74) is 0. The fourth-order valence-electron chi connectivity index (χ4n) is 3.70. The Bertz CT molecular complexity index is 217. The molecule has 0 saturated heterocycles. The summed E-state index contributed by atoms with van der Waals surface area (Å²) in [6.07, 6.45) is 16.1.